The lowest BCUT2D eigenvalue weighted by Crippen LogP contribution is -2.29. The molecule has 0 aromatic heterocycles. The number of aromatic hydroxyl groups is 1. The summed E-state index contributed by atoms with van der Waals surface area (Å²) in [6, 6.07) is 24.1. The average molecular weight is 374 g/mol. The van der Waals surface area contributed by atoms with Crippen molar-refractivity contribution in [3.63, 3.8) is 0 Å². The molecule has 28 heavy (non-hydrogen) atoms. The summed E-state index contributed by atoms with van der Waals surface area (Å²) in [5.41, 5.74) is 7.77. The molecule has 0 bridgehead atoms. The van der Waals surface area contributed by atoms with Crippen LogP contribution >= 0.6 is 0 Å². The third kappa shape index (κ3) is 5.05. The first-order valence-electron chi connectivity index (χ1n) is 8.99. The van der Waals surface area contributed by atoms with Crippen LogP contribution in [0.5, 0.6) is 5.75 Å². The molecule has 0 aliphatic rings. The van der Waals surface area contributed by atoms with Gasteiger partial charge in [0, 0.05) is 18.7 Å². The van der Waals surface area contributed by atoms with Gasteiger partial charge in [-0.2, -0.15) is 0 Å². The van der Waals surface area contributed by atoms with E-state index in [0.717, 1.165) is 11.1 Å². The lowest BCUT2D eigenvalue weighted by Gasteiger charge is -2.22. The first kappa shape index (κ1) is 19.3. The van der Waals surface area contributed by atoms with Crippen LogP contribution in [-0.4, -0.2) is 28.2 Å². The van der Waals surface area contributed by atoms with Crippen LogP contribution in [0.3, 0.4) is 0 Å². The minimum atomic E-state index is -0.766. The van der Waals surface area contributed by atoms with Gasteiger partial charge in [0.1, 0.15) is 5.75 Å². The van der Waals surface area contributed by atoms with Crippen molar-refractivity contribution in [2.24, 2.45) is 5.73 Å². The molecule has 5 nitrogen and oxygen atoms in total. The molecule has 3 aromatic carbocycles. The number of carbonyl (C=O) groups is 2. The Morgan fingerprint density at radius 2 is 1.36 bits per heavy atom. The maximum absolute atomic E-state index is 12.8. The zero-order chi connectivity index (χ0) is 19.9. The van der Waals surface area contributed by atoms with E-state index < -0.39 is 5.91 Å². The van der Waals surface area contributed by atoms with Crippen LogP contribution in [0.4, 0.5) is 0 Å². The summed E-state index contributed by atoms with van der Waals surface area (Å²) in [6.45, 7) is 1.40. The highest BCUT2D eigenvalue weighted by atomic mass is 16.3. The number of nitrogens with zero attached hydrogens (tertiary/aromatic N) is 1. The molecule has 0 saturated carbocycles. The van der Waals surface area contributed by atoms with Gasteiger partial charge in [-0.3, -0.25) is 14.5 Å². The van der Waals surface area contributed by atoms with Crippen molar-refractivity contribution in [2.75, 3.05) is 6.54 Å². The van der Waals surface area contributed by atoms with E-state index in [9.17, 15) is 14.7 Å². The highest BCUT2D eigenvalue weighted by Crippen LogP contribution is 2.19. The molecule has 3 rings (SSSR count). The minimum absolute atomic E-state index is 0.0523. The third-order valence-corrected chi connectivity index (χ3v) is 4.45. The van der Waals surface area contributed by atoms with Crippen LogP contribution in [-0.2, 0) is 13.1 Å². The average Bonchev–Trinajstić information content (AvgIpc) is 2.69. The Labute approximate surface area is 164 Å². The molecule has 1 amide bonds. The van der Waals surface area contributed by atoms with Crippen LogP contribution in [0.2, 0.25) is 0 Å². The third-order valence-electron chi connectivity index (χ3n) is 4.45. The lowest BCUT2D eigenvalue weighted by atomic mass is 10.0. The van der Waals surface area contributed by atoms with Gasteiger partial charge in [0.2, 0.25) is 0 Å². The van der Waals surface area contributed by atoms with Gasteiger partial charge < -0.3 is 10.8 Å². The Morgan fingerprint density at radius 3 is 1.86 bits per heavy atom. The van der Waals surface area contributed by atoms with Crippen LogP contribution in [0.25, 0.3) is 0 Å². The van der Waals surface area contributed by atoms with Gasteiger partial charge in [0.15, 0.2) is 5.78 Å². The summed E-state index contributed by atoms with van der Waals surface area (Å²) in [7, 11) is 0. The maximum atomic E-state index is 12.8. The number of Topliss-reactive ketones (excluding diaryl/α,β-unsaturated/α-hetero) is 1. The van der Waals surface area contributed by atoms with E-state index in [0.29, 0.717) is 18.7 Å². The van der Waals surface area contributed by atoms with E-state index >= 15 is 0 Å². The fourth-order valence-corrected chi connectivity index (χ4v) is 3.05. The summed E-state index contributed by atoms with van der Waals surface area (Å²) in [6.07, 6.45) is 0. The van der Waals surface area contributed by atoms with Crippen molar-refractivity contribution in [3.8, 4) is 5.75 Å². The molecule has 0 aliphatic heterocycles. The van der Waals surface area contributed by atoms with Crippen molar-refractivity contribution in [1.82, 2.24) is 4.90 Å². The second-order valence-electron chi connectivity index (χ2n) is 6.64. The van der Waals surface area contributed by atoms with Crippen molar-refractivity contribution in [2.45, 2.75) is 13.1 Å². The normalized spacial score (nSPS) is 10.8. The number of amides is 1. The monoisotopic (exact) mass is 374 g/mol. The van der Waals surface area contributed by atoms with E-state index in [1.165, 1.54) is 18.2 Å². The highest BCUT2D eigenvalue weighted by molar-refractivity contribution is 6.02. The predicted molar refractivity (Wildman–Crippen MR) is 108 cm³/mol. The zero-order valence-corrected chi connectivity index (χ0v) is 15.4. The van der Waals surface area contributed by atoms with E-state index in [4.69, 9.17) is 5.73 Å². The predicted octanol–water partition coefficient (Wildman–Crippen LogP) is 3.38. The van der Waals surface area contributed by atoms with E-state index in [2.05, 4.69) is 0 Å². The molecule has 5 heteroatoms. The SMILES string of the molecule is NC(=O)c1cc(C(=O)CN(Cc2ccccc2)Cc2ccccc2)ccc1O. The van der Waals surface area contributed by atoms with Gasteiger partial charge in [-0.05, 0) is 29.3 Å². The fraction of sp³-hybridized carbons (Fsp3) is 0.130. The number of primary amides is 1. The second kappa shape index (κ2) is 8.97. The van der Waals surface area contributed by atoms with Crippen molar-refractivity contribution >= 4 is 11.7 Å². The van der Waals surface area contributed by atoms with Crippen molar-refractivity contribution < 1.29 is 14.7 Å². The topological polar surface area (TPSA) is 83.6 Å². The number of ketones is 1. The summed E-state index contributed by atoms with van der Waals surface area (Å²) < 4.78 is 0. The number of phenols is 1. The number of hydrogen-bond donors (Lipinski definition) is 2. The molecule has 0 radical (unpaired) electrons. The fourth-order valence-electron chi connectivity index (χ4n) is 3.05. The lowest BCUT2D eigenvalue weighted by molar-refractivity contribution is 0.0920. The smallest absolute Gasteiger partial charge is 0.252 e. The summed E-state index contributed by atoms with van der Waals surface area (Å²) in [5.74, 6) is -1.14. The van der Waals surface area contributed by atoms with Gasteiger partial charge in [-0.1, -0.05) is 60.7 Å². The van der Waals surface area contributed by atoms with Gasteiger partial charge in [-0.25, -0.2) is 0 Å². The van der Waals surface area contributed by atoms with Gasteiger partial charge in [-0.15, -0.1) is 0 Å². The zero-order valence-electron chi connectivity index (χ0n) is 15.4. The van der Waals surface area contributed by atoms with Crippen molar-refractivity contribution in [3.05, 3.63) is 101 Å². The van der Waals surface area contributed by atoms with Crippen molar-refractivity contribution in [1.29, 1.82) is 0 Å². The van der Waals surface area contributed by atoms with Gasteiger partial charge in [0.05, 0.1) is 12.1 Å². The molecular formula is C23H22N2O3. The van der Waals surface area contributed by atoms with Crippen LogP contribution in [0, 0.1) is 0 Å². The molecule has 0 unspecified atom stereocenters. The minimum Gasteiger partial charge on any atom is -0.507 e. The van der Waals surface area contributed by atoms with Gasteiger partial charge >= 0.3 is 0 Å². The molecule has 3 aromatic rings. The van der Waals surface area contributed by atoms with Crippen LogP contribution in [0.15, 0.2) is 78.9 Å². The molecular weight excluding hydrogens is 352 g/mol. The first-order chi connectivity index (χ1) is 13.5. The Bertz CT molecular complexity index is 915. The summed E-state index contributed by atoms with van der Waals surface area (Å²) >= 11 is 0. The highest BCUT2D eigenvalue weighted by Gasteiger charge is 2.17. The van der Waals surface area contributed by atoms with E-state index in [-0.39, 0.29) is 23.6 Å². The number of rotatable bonds is 8. The largest absolute Gasteiger partial charge is 0.507 e. The second-order valence-corrected chi connectivity index (χ2v) is 6.64. The molecule has 0 heterocycles. The van der Waals surface area contributed by atoms with Gasteiger partial charge in [0.25, 0.3) is 5.91 Å². The molecule has 0 fully saturated rings. The Balaban J connectivity index is 1.81. The molecule has 142 valence electrons. The first-order valence-corrected chi connectivity index (χ1v) is 8.99. The van der Waals surface area contributed by atoms with Crippen LogP contribution in [0.1, 0.15) is 31.8 Å². The molecule has 0 atom stereocenters. The van der Waals surface area contributed by atoms with E-state index in [1.807, 2.05) is 65.6 Å². The number of nitrogens with two attached hydrogens (primary N) is 1. The van der Waals surface area contributed by atoms with Crippen LogP contribution < -0.4 is 5.73 Å². The molecule has 0 spiro atoms. The molecule has 3 N–H and O–H groups in total. The summed E-state index contributed by atoms with van der Waals surface area (Å²) in [5, 5.41) is 9.74. The molecule has 0 aliphatic carbocycles. The molecule has 0 saturated heterocycles. The summed E-state index contributed by atoms with van der Waals surface area (Å²) in [4.78, 5) is 26.3. The van der Waals surface area contributed by atoms with E-state index in [1.54, 1.807) is 0 Å². The maximum Gasteiger partial charge on any atom is 0.252 e. The Hall–Kier alpha value is -3.44. The Kier molecular flexibility index (Phi) is 6.19. The Morgan fingerprint density at radius 1 is 0.821 bits per heavy atom. The quantitative estimate of drug-likeness (QED) is 0.592. The standard InChI is InChI=1S/C23H22N2O3/c24-23(28)20-13-19(11-12-21(20)26)22(27)16-25(14-17-7-3-1-4-8-17)15-18-9-5-2-6-10-18/h1-13,26H,14-16H2,(H2,24,28). The number of benzene rings is 3. The number of carbonyl (C=O) groups excluding carboxylic acids is 2. The number of hydrogen-bond acceptors (Lipinski definition) is 4.